The molecule has 0 aromatic heterocycles. The van der Waals surface area contributed by atoms with Crippen LogP contribution < -0.4 is 10.6 Å². The largest absolute Gasteiger partial charge is 0.508 e. The number of benzene rings is 2. The van der Waals surface area contributed by atoms with Gasteiger partial charge in [-0.05, 0) is 97.1 Å². The number of nitrogens with one attached hydrogen (secondary N) is 2. The van der Waals surface area contributed by atoms with Crippen LogP contribution in [0.5, 0.6) is 5.75 Å². The van der Waals surface area contributed by atoms with E-state index in [0.29, 0.717) is 11.3 Å². The van der Waals surface area contributed by atoms with Gasteiger partial charge in [-0.15, -0.1) is 0 Å². The van der Waals surface area contributed by atoms with Crippen LogP contribution in [-0.2, 0) is 30.3 Å². The number of esters is 1. The van der Waals surface area contributed by atoms with Crippen molar-refractivity contribution < 1.29 is 33.8 Å². The van der Waals surface area contributed by atoms with Crippen molar-refractivity contribution in [1.82, 2.24) is 15.5 Å². The summed E-state index contributed by atoms with van der Waals surface area (Å²) in [6.45, 7) is 13.9. The topological polar surface area (TPSA) is 134 Å². The maximum atomic E-state index is 14.3. The van der Waals surface area contributed by atoms with Crippen molar-refractivity contribution in [1.29, 1.82) is 0 Å². The first-order valence-electron chi connectivity index (χ1n) is 15.1. The lowest BCUT2D eigenvalue weighted by Gasteiger charge is -2.38. The van der Waals surface area contributed by atoms with E-state index in [9.17, 15) is 24.3 Å². The highest BCUT2D eigenvalue weighted by atomic mass is 32.2. The Balaban J connectivity index is 2.58. The maximum absolute atomic E-state index is 14.3. The highest BCUT2D eigenvalue weighted by molar-refractivity contribution is 7.98. The van der Waals surface area contributed by atoms with Crippen molar-refractivity contribution in [2.45, 2.75) is 104 Å². The molecule has 0 saturated heterocycles. The van der Waals surface area contributed by atoms with Gasteiger partial charge >= 0.3 is 12.1 Å². The Morgan fingerprint density at radius 2 is 1.49 bits per heavy atom. The van der Waals surface area contributed by atoms with Gasteiger partial charge in [-0.1, -0.05) is 42.5 Å². The van der Waals surface area contributed by atoms with Gasteiger partial charge in [-0.25, -0.2) is 9.59 Å². The van der Waals surface area contributed by atoms with Gasteiger partial charge in [0, 0.05) is 12.5 Å². The molecule has 3 unspecified atom stereocenters. The van der Waals surface area contributed by atoms with Crippen LogP contribution in [0.15, 0.2) is 54.6 Å². The molecule has 11 heteroatoms. The second-order valence-corrected chi connectivity index (χ2v) is 14.1. The molecule has 0 heterocycles. The van der Waals surface area contributed by atoms with Crippen LogP contribution in [0, 0.1) is 0 Å². The Morgan fingerprint density at radius 3 is 2.02 bits per heavy atom. The molecule has 0 aliphatic heterocycles. The second kappa shape index (κ2) is 16.5. The van der Waals surface area contributed by atoms with E-state index in [-0.39, 0.29) is 18.6 Å². The number of phenols is 1. The summed E-state index contributed by atoms with van der Waals surface area (Å²) >= 11 is 1.51. The Hall–Kier alpha value is -3.73. The van der Waals surface area contributed by atoms with Crippen LogP contribution in [0.4, 0.5) is 4.79 Å². The quantitative estimate of drug-likeness (QED) is 0.248. The molecule has 2 rings (SSSR count). The molecule has 0 aliphatic rings. The summed E-state index contributed by atoms with van der Waals surface area (Å²) in [6.07, 6.45) is 1.57. The van der Waals surface area contributed by atoms with E-state index < -0.39 is 59.2 Å². The van der Waals surface area contributed by atoms with E-state index in [0.717, 1.165) is 5.56 Å². The number of ether oxygens (including phenoxy) is 2. The SMILES string of the molecule is CSCCC(NC(=O)OC(C)(C)C)C(=O)N(C(C)C)C(C(=O)NC(Cc1ccccc1)C(=O)OC(C)(C)C)c1cccc(O)c1. The summed E-state index contributed by atoms with van der Waals surface area (Å²) in [5.74, 6) is -1.32. The van der Waals surface area contributed by atoms with Crippen LogP contribution in [0.2, 0.25) is 0 Å². The van der Waals surface area contributed by atoms with Crippen LogP contribution >= 0.6 is 11.8 Å². The predicted octanol–water partition coefficient (Wildman–Crippen LogP) is 5.39. The number of thioether (sulfide) groups is 1. The monoisotopic (exact) mass is 643 g/mol. The summed E-state index contributed by atoms with van der Waals surface area (Å²) < 4.78 is 11.1. The summed E-state index contributed by atoms with van der Waals surface area (Å²) in [7, 11) is 0. The van der Waals surface area contributed by atoms with Gasteiger partial charge in [0.15, 0.2) is 0 Å². The highest BCUT2D eigenvalue weighted by Gasteiger charge is 2.39. The van der Waals surface area contributed by atoms with Gasteiger partial charge in [-0.3, -0.25) is 9.59 Å². The molecular weight excluding hydrogens is 594 g/mol. The molecule has 2 aromatic carbocycles. The lowest BCUT2D eigenvalue weighted by Crippen LogP contribution is -2.56. The molecule has 3 N–H and O–H groups in total. The molecule has 10 nitrogen and oxygen atoms in total. The van der Waals surface area contributed by atoms with E-state index in [1.54, 1.807) is 67.5 Å². The lowest BCUT2D eigenvalue weighted by atomic mass is 9.99. The molecule has 0 saturated carbocycles. The molecule has 0 radical (unpaired) electrons. The van der Waals surface area contributed by atoms with Gasteiger partial charge in [0.05, 0.1) is 0 Å². The van der Waals surface area contributed by atoms with Crippen molar-refractivity contribution in [3.05, 3.63) is 65.7 Å². The van der Waals surface area contributed by atoms with Crippen molar-refractivity contribution in [3.63, 3.8) is 0 Å². The normalized spacial score (nSPS) is 13.7. The zero-order valence-corrected chi connectivity index (χ0v) is 28.7. The number of carbonyl (C=O) groups excluding carboxylic acids is 4. The summed E-state index contributed by atoms with van der Waals surface area (Å²) in [5.41, 5.74) is -0.454. The van der Waals surface area contributed by atoms with E-state index in [2.05, 4.69) is 10.6 Å². The zero-order valence-electron chi connectivity index (χ0n) is 27.9. The van der Waals surface area contributed by atoms with Gasteiger partial charge in [-0.2, -0.15) is 11.8 Å². The molecule has 3 atom stereocenters. The van der Waals surface area contributed by atoms with E-state index in [1.165, 1.54) is 28.8 Å². The summed E-state index contributed by atoms with van der Waals surface area (Å²) in [6, 6.07) is 11.4. The van der Waals surface area contributed by atoms with Crippen LogP contribution in [0.25, 0.3) is 0 Å². The van der Waals surface area contributed by atoms with Crippen LogP contribution in [0.1, 0.15) is 79.0 Å². The average molecular weight is 644 g/mol. The fourth-order valence-electron chi connectivity index (χ4n) is 4.60. The summed E-state index contributed by atoms with van der Waals surface area (Å²) in [4.78, 5) is 56.2. The fourth-order valence-corrected chi connectivity index (χ4v) is 5.07. The fraction of sp³-hybridized carbons (Fsp3) is 0.529. The maximum Gasteiger partial charge on any atom is 0.408 e. The minimum absolute atomic E-state index is 0.0970. The Bertz CT molecular complexity index is 1290. The van der Waals surface area contributed by atoms with Crippen molar-refractivity contribution in [2.24, 2.45) is 0 Å². The number of alkyl carbamates (subject to hydrolysis) is 1. The Morgan fingerprint density at radius 1 is 0.867 bits per heavy atom. The van der Waals surface area contributed by atoms with Gasteiger partial charge in [0.1, 0.15) is 35.1 Å². The van der Waals surface area contributed by atoms with E-state index >= 15 is 0 Å². The van der Waals surface area contributed by atoms with Crippen molar-refractivity contribution in [3.8, 4) is 5.75 Å². The minimum atomic E-state index is -1.26. The van der Waals surface area contributed by atoms with Gasteiger partial charge < -0.3 is 30.1 Å². The molecule has 2 aromatic rings. The first kappa shape index (κ1) is 37.5. The van der Waals surface area contributed by atoms with Crippen molar-refractivity contribution >= 4 is 35.6 Å². The Labute approximate surface area is 271 Å². The number of hydrogen-bond donors (Lipinski definition) is 3. The molecule has 0 aliphatic carbocycles. The molecule has 0 fully saturated rings. The third-order valence-corrected chi connectivity index (χ3v) is 7.06. The first-order valence-corrected chi connectivity index (χ1v) is 16.5. The number of nitrogens with zero attached hydrogens (tertiary/aromatic N) is 1. The number of carbonyl (C=O) groups is 4. The number of hydrogen-bond acceptors (Lipinski definition) is 8. The van der Waals surface area contributed by atoms with Crippen LogP contribution in [-0.4, -0.2) is 75.2 Å². The number of aromatic hydroxyl groups is 1. The third-order valence-electron chi connectivity index (χ3n) is 6.41. The highest BCUT2D eigenvalue weighted by Crippen LogP contribution is 2.28. The van der Waals surface area contributed by atoms with Crippen LogP contribution in [0.3, 0.4) is 0 Å². The summed E-state index contributed by atoms with van der Waals surface area (Å²) in [5, 5.41) is 15.9. The number of rotatable bonds is 13. The molecule has 0 bridgehead atoms. The molecule has 0 spiro atoms. The van der Waals surface area contributed by atoms with Crippen molar-refractivity contribution in [2.75, 3.05) is 12.0 Å². The second-order valence-electron chi connectivity index (χ2n) is 13.1. The van der Waals surface area contributed by atoms with E-state index in [1.807, 2.05) is 36.6 Å². The van der Waals surface area contributed by atoms with Gasteiger partial charge in [0.25, 0.3) is 0 Å². The molecule has 248 valence electrons. The first-order chi connectivity index (χ1) is 20.9. The number of amides is 3. The number of phenolic OH excluding ortho intramolecular Hbond substituents is 1. The smallest absolute Gasteiger partial charge is 0.408 e. The molecule has 45 heavy (non-hydrogen) atoms. The van der Waals surface area contributed by atoms with E-state index in [4.69, 9.17) is 9.47 Å². The molecular formula is C34H49N3O7S. The standard InChI is InChI=1S/C34H49N3O7S/c1-22(2)37(30(40)26(18-19-45-9)36-32(42)44-34(6,7)8)28(24-16-13-17-25(38)21-24)29(39)35-27(31(41)43-33(3,4)5)20-23-14-11-10-12-15-23/h10-17,21-22,26-28,38H,18-20H2,1-9H3,(H,35,39)(H,36,42). The zero-order chi connectivity index (χ0) is 33.9. The Kier molecular flexibility index (Phi) is 13.8. The lowest BCUT2D eigenvalue weighted by molar-refractivity contribution is -0.159. The third kappa shape index (κ3) is 12.7. The average Bonchev–Trinajstić information content (AvgIpc) is 2.91. The van der Waals surface area contributed by atoms with Gasteiger partial charge in [0.2, 0.25) is 11.8 Å². The minimum Gasteiger partial charge on any atom is -0.508 e. The molecule has 3 amide bonds. The predicted molar refractivity (Wildman–Crippen MR) is 177 cm³/mol.